The minimum absolute atomic E-state index is 0.211. The zero-order chi connectivity index (χ0) is 13.7. The molecule has 0 aliphatic carbocycles. The predicted molar refractivity (Wildman–Crippen MR) is 74.2 cm³/mol. The molecular formula is C12H16Cl2N2O2. The first-order valence-electron chi connectivity index (χ1n) is 5.47. The summed E-state index contributed by atoms with van der Waals surface area (Å²) in [5, 5.41) is 3.24. The number of halogens is 2. The summed E-state index contributed by atoms with van der Waals surface area (Å²) < 4.78 is 4.99. The van der Waals surface area contributed by atoms with Gasteiger partial charge in [-0.25, -0.2) is 0 Å². The van der Waals surface area contributed by atoms with Gasteiger partial charge in [-0.2, -0.15) is 0 Å². The third-order valence-corrected chi connectivity index (χ3v) is 3.16. The van der Waals surface area contributed by atoms with E-state index >= 15 is 0 Å². The first-order valence-corrected chi connectivity index (χ1v) is 6.23. The van der Waals surface area contributed by atoms with E-state index in [2.05, 4.69) is 5.32 Å². The molecule has 0 saturated carbocycles. The van der Waals surface area contributed by atoms with Crippen LogP contribution in [0.2, 0.25) is 10.0 Å². The van der Waals surface area contributed by atoms with Gasteiger partial charge < -0.3 is 15.8 Å². The molecule has 0 fully saturated rings. The molecule has 1 unspecified atom stereocenters. The lowest BCUT2D eigenvalue weighted by Crippen LogP contribution is -2.30. The van der Waals surface area contributed by atoms with Gasteiger partial charge in [0.25, 0.3) is 5.91 Å². The van der Waals surface area contributed by atoms with E-state index in [-0.39, 0.29) is 27.4 Å². The Morgan fingerprint density at radius 3 is 2.78 bits per heavy atom. The second-order valence-electron chi connectivity index (χ2n) is 4.13. The number of hydrogen-bond donors (Lipinski definition) is 2. The number of amides is 1. The molecule has 1 rings (SSSR count). The lowest BCUT2D eigenvalue weighted by Gasteiger charge is -2.12. The monoisotopic (exact) mass is 290 g/mol. The third kappa shape index (κ3) is 4.05. The molecule has 4 nitrogen and oxygen atoms in total. The van der Waals surface area contributed by atoms with Crippen molar-refractivity contribution < 1.29 is 9.53 Å². The summed E-state index contributed by atoms with van der Waals surface area (Å²) in [7, 11) is 1.62. The fourth-order valence-electron chi connectivity index (χ4n) is 1.48. The molecule has 18 heavy (non-hydrogen) atoms. The van der Waals surface area contributed by atoms with E-state index in [1.165, 1.54) is 12.1 Å². The van der Waals surface area contributed by atoms with Gasteiger partial charge >= 0.3 is 0 Å². The van der Waals surface area contributed by atoms with Crippen LogP contribution in [0, 0.1) is 5.92 Å². The Morgan fingerprint density at radius 2 is 2.17 bits per heavy atom. The number of nitrogens with one attached hydrogen (secondary N) is 1. The zero-order valence-electron chi connectivity index (χ0n) is 10.3. The predicted octanol–water partition coefficient (Wildman–Crippen LogP) is 2.59. The quantitative estimate of drug-likeness (QED) is 0.820. The van der Waals surface area contributed by atoms with Crippen LogP contribution in [0.1, 0.15) is 17.3 Å². The summed E-state index contributed by atoms with van der Waals surface area (Å²) in [6.07, 6.45) is 0. The Bertz CT molecular complexity index is 438. The van der Waals surface area contributed by atoms with Crippen LogP contribution in [0.15, 0.2) is 12.1 Å². The topological polar surface area (TPSA) is 64.3 Å². The standard InChI is InChI=1S/C12H16Cl2N2O2/c1-7(6-18-2)5-16-12(17)9-3-8(15)4-10(13)11(9)14/h3-4,7H,5-6,15H2,1-2H3,(H,16,17). The summed E-state index contributed by atoms with van der Waals surface area (Å²) in [5.41, 5.74) is 6.31. The van der Waals surface area contributed by atoms with Crippen LogP contribution in [0.3, 0.4) is 0 Å². The van der Waals surface area contributed by atoms with Crippen molar-refractivity contribution in [1.29, 1.82) is 0 Å². The van der Waals surface area contributed by atoms with E-state index in [0.717, 1.165) is 0 Å². The highest BCUT2D eigenvalue weighted by Gasteiger charge is 2.14. The number of rotatable bonds is 5. The molecule has 0 aromatic heterocycles. The van der Waals surface area contributed by atoms with Crippen molar-refractivity contribution in [3.63, 3.8) is 0 Å². The van der Waals surface area contributed by atoms with Crippen molar-refractivity contribution >= 4 is 34.8 Å². The lowest BCUT2D eigenvalue weighted by molar-refractivity contribution is 0.0934. The van der Waals surface area contributed by atoms with Crippen LogP contribution >= 0.6 is 23.2 Å². The van der Waals surface area contributed by atoms with Gasteiger partial charge in [0.05, 0.1) is 22.2 Å². The Balaban J connectivity index is 2.73. The molecule has 0 aliphatic rings. The minimum Gasteiger partial charge on any atom is -0.399 e. The van der Waals surface area contributed by atoms with Crippen LogP contribution < -0.4 is 11.1 Å². The maximum atomic E-state index is 11.9. The Labute approximate surface area is 116 Å². The van der Waals surface area contributed by atoms with E-state index in [1.807, 2.05) is 6.92 Å². The molecule has 1 atom stereocenters. The van der Waals surface area contributed by atoms with Gasteiger partial charge in [-0.1, -0.05) is 30.1 Å². The Hall–Kier alpha value is -0.970. The molecule has 0 aliphatic heterocycles. The van der Waals surface area contributed by atoms with Gasteiger partial charge in [0.15, 0.2) is 0 Å². The normalized spacial score (nSPS) is 12.2. The first kappa shape index (κ1) is 15.1. The molecule has 0 bridgehead atoms. The lowest BCUT2D eigenvalue weighted by atomic mass is 10.1. The molecule has 0 saturated heterocycles. The van der Waals surface area contributed by atoms with Crippen LogP contribution in [-0.2, 0) is 4.74 Å². The van der Waals surface area contributed by atoms with Gasteiger partial charge in [-0.3, -0.25) is 4.79 Å². The number of carbonyl (C=O) groups is 1. The molecule has 1 amide bonds. The summed E-state index contributed by atoms with van der Waals surface area (Å²) in [5.74, 6) is -0.0774. The number of hydrogen-bond acceptors (Lipinski definition) is 3. The number of nitrogen functional groups attached to an aromatic ring is 1. The van der Waals surface area contributed by atoms with E-state index in [4.69, 9.17) is 33.7 Å². The van der Waals surface area contributed by atoms with Crippen molar-refractivity contribution in [2.45, 2.75) is 6.92 Å². The summed E-state index contributed by atoms with van der Waals surface area (Å²) in [6, 6.07) is 3.01. The zero-order valence-corrected chi connectivity index (χ0v) is 11.8. The van der Waals surface area contributed by atoms with Crippen molar-refractivity contribution in [1.82, 2.24) is 5.32 Å². The van der Waals surface area contributed by atoms with Crippen molar-refractivity contribution in [2.75, 3.05) is 26.0 Å². The van der Waals surface area contributed by atoms with Gasteiger partial charge in [-0.15, -0.1) is 0 Å². The van der Waals surface area contributed by atoms with Crippen LogP contribution in [0.25, 0.3) is 0 Å². The molecular weight excluding hydrogens is 275 g/mol. The average molecular weight is 291 g/mol. The Kier molecular flexibility index (Phi) is 5.72. The summed E-state index contributed by atoms with van der Waals surface area (Å²) in [6.45, 7) is 3.04. The van der Waals surface area contributed by atoms with E-state index in [9.17, 15) is 4.79 Å². The third-order valence-electron chi connectivity index (χ3n) is 2.36. The first-order chi connectivity index (χ1) is 8.45. The van der Waals surface area contributed by atoms with Crippen molar-refractivity contribution in [3.05, 3.63) is 27.7 Å². The number of anilines is 1. The van der Waals surface area contributed by atoms with Gasteiger partial charge in [0.1, 0.15) is 0 Å². The maximum absolute atomic E-state index is 11.9. The highest BCUT2D eigenvalue weighted by molar-refractivity contribution is 6.44. The van der Waals surface area contributed by atoms with Crippen LogP contribution in [0.5, 0.6) is 0 Å². The van der Waals surface area contributed by atoms with Crippen LogP contribution in [0.4, 0.5) is 5.69 Å². The molecule has 1 aromatic carbocycles. The molecule has 100 valence electrons. The number of carbonyl (C=O) groups excluding carboxylic acids is 1. The average Bonchev–Trinajstić information content (AvgIpc) is 2.31. The summed E-state index contributed by atoms with van der Waals surface area (Å²) >= 11 is 11.8. The highest BCUT2D eigenvalue weighted by Crippen LogP contribution is 2.28. The van der Waals surface area contributed by atoms with E-state index in [1.54, 1.807) is 7.11 Å². The van der Waals surface area contributed by atoms with Gasteiger partial charge in [-0.05, 0) is 18.1 Å². The SMILES string of the molecule is COCC(C)CNC(=O)c1cc(N)cc(Cl)c1Cl. The molecule has 3 N–H and O–H groups in total. The largest absolute Gasteiger partial charge is 0.399 e. The molecule has 1 aromatic rings. The van der Waals surface area contributed by atoms with Gasteiger partial charge in [0.2, 0.25) is 0 Å². The maximum Gasteiger partial charge on any atom is 0.252 e. The van der Waals surface area contributed by atoms with E-state index < -0.39 is 0 Å². The second-order valence-corrected chi connectivity index (χ2v) is 4.92. The highest BCUT2D eigenvalue weighted by atomic mass is 35.5. The number of ether oxygens (including phenoxy) is 1. The second kappa shape index (κ2) is 6.83. The van der Waals surface area contributed by atoms with Crippen molar-refractivity contribution in [2.24, 2.45) is 5.92 Å². The Morgan fingerprint density at radius 1 is 1.50 bits per heavy atom. The van der Waals surface area contributed by atoms with Crippen molar-refractivity contribution in [3.8, 4) is 0 Å². The van der Waals surface area contributed by atoms with Crippen LogP contribution in [-0.4, -0.2) is 26.2 Å². The minimum atomic E-state index is -0.294. The summed E-state index contributed by atoms with van der Waals surface area (Å²) in [4.78, 5) is 11.9. The number of nitrogens with two attached hydrogens (primary N) is 1. The number of benzene rings is 1. The van der Waals surface area contributed by atoms with Gasteiger partial charge in [0, 0.05) is 19.3 Å². The molecule has 0 heterocycles. The van der Waals surface area contributed by atoms with E-state index in [0.29, 0.717) is 18.8 Å². The fraction of sp³-hybridized carbons (Fsp3) is 0.417. The molecule has 6 heteroatoms. The molecule has 0 spiro atoms. The smallest absolute Gasteiger partial charge is 0.252 e. The number of methoxy groups -OCH3 is 1. The fourth-order valence-corrected chi connectivity index (χ4v) is 1.90. The molecule has 0 radical (unpaired) electrons.